The first-order valence-corrected chi connectivity index (χ1v) is 6.57. The van der Waals surface area contributed by atoms with Gasteiger partial charge in [0.05, 0.1) is 17.6 Å². The highest BCUT2D eigenvalue weighted by atomic mass is 35.5. The summed E-state index contributed by atoms with van der Waals surface area (Å²) in [6.07, 6.45) is 3.43. The lowest BCUT2D eigenvalue weighted by Crippen LogP contribution is -2.02. The van der Waals surface area contributed by atoms with Gasteiger partial charge in [-0.05, 0) is 43.0 Å². The Bertz CT molecular complexity index is 598. The zero-order valence-electron chi connectivity index (χ0n) is 10.3. The van der Waals surface area contributed by atoms with E-state index in [1.165, 1.54) is 18.4 Å². The van der Waals surface area contributed by atoms with Gasteiger partial charge in [0.15, 0.2) is 0 Å². The first-order valence-electron chi connectivity index (χ1n) is 6.19. The maximum atomic E-state index is 6.22. The lowest BCUT2D eigenvalue weighted by Gasteiger charge is -2.11. The molecule has 1 aliphatic rings. The third kappa shape index (κ3) is 1.89. The third-order valence-electron chi connectivity index (χ3n) is 3.36. The molecule has 0 saturated carbocycles. The average Bonchev–Trinajstić information content (AvgIpc) is 2.62. The van der Waals surface area contributed by atoms with Gasteiger partial charge in [-0.3, -0.25) is 0 Å². The van der Waals surface area contributed by atoms with Crippen LogP contribution in [0, 0.1) is 0 Å². The van der Waals surface area contributed by atoms with Crippen LogP contribution in [0.15, 0.2) is 18.2 Å². The Kier molecular flexibility index (Phi) is 3.00. The van der Waals surface area contributed by atoms with Crippen molar-refractivity contribution >= 4 is 28.3 Å². The van der Waals surface area contributed by atoms with E-state index in [2.05, 4.69) is 16.4 Å². The van der Waals surface area contributed by atoms with Gasteiger partial charge >= 0.3 is 0 Å². The molecule has 0 aliphatic carbocycles. The molecule has 18 heavy (non-hydrogen) atoms. The highest BCUT2D eigenvalue weighted by Crippen LogP contribution is 2.34. The van der Waals surface area contributed by atoms with Gasteiger partial charge in [-0.2, -0.15) is 0 Å². The highest BCUT2D eigenvalue weighted by Gasteiger charge is 2.14. The summed E-state index contributed by atoms with van der Waals surface area (Å²) in [4.78, 5) is 4.66. The first kappa shape index (κ1) is 11.6. The monoisotopic (exact) mass is 262 g/mol. The van der Waals surface area contributed by atoms with Crippen LogP contribution in [0.25, 0.3) is 10.9 Å². The summed E-state index contributed by atoms with van der Waals surface area (Å²) in [6, 6.07) is 5.88. The standard InChI is InChI=1S/C14H15ClN2O/c1-18-12-6-5-11(15)13-10(12)8-9-4-2-3-7-16-14(9)17-13/h5-6,8H,2-4,7H2,1H3,(H,16,17). The molecule has 0 unspecified atom stereocenters. The van der Waals surface area contributed by atoms with Crippen LogP contribution in [0.5, 0.6) is 5.75 Å². The van der Waals surface area contributed by atoms with Crippen molar-refractivity contribution in [3.8, 4) is 5.75 Å². The van der Waals surface area contributed by atoms with E-state index >= 15 is 0 Å². The van der Waals surface area contributed by atoms with Crippen molar-refractivity contribution in [2.75, 3.05) is 19.0 Å². The van der Waals surface area contributed by atoms with Crippen LogP contribution in [0.4, 0.5) is 5.82 Å². The van der Waals surface area contributed by atoms with Gasteiger partial charge in [0, 0.05) is 11.9 Å². The number of halogens is 1. The van der Waals surface area contributed by atoms with Crippen molar-refractivity contribution in [1.82, 2.24) is 4.98 Å². The predicted molar refractivity (Wildman–Crippen MR) is 74.7 cm³/mol. The fraction of sp³-hybridized carbons (Fsp3) is 0.357. The minimum absolute atomic E-state index is 0.666. The van der Waals surface area contributed by atoms with Crippen molar-refractivity contribution in [1.29, 1.82) is 0 Å². The lowest BCUT2D eigenvalue weighted by molar-refractivity contribution is 0.419. The molecular weight excluding hydrogens is 248 g/mol. The molecule has 2 aromatic rings. The van der Waals surface area contributed by atoms with Crippen molar-refractivity contribution in [2.24, 2.45) is 0 Å². The molecule has 94 valence electrons. The van der Waals surface area contributed by atoms with E-state index < -0.39 is 0 Å². The second kappa shape index (κ2) is 4.65. The molecule has 0 spiro atoms. The molecule has 0 saturated heterocycles. The molecule has 0 amide bonds. The Morgan fingerprint density at radius 1 is 1.33 bits per heavy atom. The van der Waals surface area contributed by atoms with E-state index in [0.29, 0.717) is 5.02 Å². The van der Waals surface area contributed by atoms with Gasteiger partial charge in [0.1, 0.15) is 11.6 Å². The zero-order valence-corrected chi connectivity index (χ0v) is 11.0. The van der Waals surface area contributed by atoms with Crippen LogP contribution >= 0.6 is 11.6 Å². The summed E-state index contributed by atoms with van der Waals surface area (Å²) >= 11 is 6.22. The average molecular weight is 263 g/mol. The van der Waals surface area contributed by atoms with Crippen molar-refractivity contribution in [3.05, 3.63) is 28.8 Å². The van der Waals surface area contributed by atoms with Crippen LogP contribution in [0.3, 0.4) is 0 Å². The number of rotatable bonds is 1. The topological polar surface area (TPSA) is 34.1 Å². The molecule has 1 aliphatic heterocycles. The van der Waals surface area contributed by atoms with Crippen molar-refractivity contribution in [2.45, 2.75) is 19.3 Å². The molecular formula is C14H15ClN2O. The first-order chi connectivity index (χ1) is 8.79. The third-order valence-corrected chi connectivity index (χ3v) is 3.66. The number of hydrogen-bond donors (Lipinski definition) is 1. The number of fused-ring (bicyclic) bond motifs is 2. The van der Waals surface area contributed by atoms with E-state index in [1.54, 1.807) is 7.11 Å². The summed E-state index contributed by atoms with van der Waals surface area (Å²) in [7, 11) is 1.67. The van der Waals surface area contributed by atoms with Crippen LogP contribution < -0.4 is 10.1 Å². The van der Waals surface area contributed by atoms with E-state index in [1.807, 2.05) is 12.1 Å². The number of aryl methyl sites for hydroxylation is 1. The number of benzene rings is 1. The Morgan fingerprint density at radius 2 is 2.22 bits per heavy atom. The normalized spacial score (nSPS) is 14.8. The molecule has 0 bridgehead atoms. The zero-order chi connectivity index (χ0) is 12.5. The Hall–Kier alpha value is -1.48. The molecule has 0 atom stereocenters. The van der Waals surface area contributed by atoms with Crippen molar-refractivity contribution < 1.29 is 4.74 Å². The molecule has 3 nitrogen and oxygen atoms in total. The number of anilines is 1. The Morgan fingerprint density at radius 3 is 3.06 bits per heavy atom. The Labute approximate surface area is 111 Å². The number of nitrogens with zero attached hydrogens (tertiary/aromatic N) is 1. The number of ether oxygens (including phenoxy) is 1. The summed E-state index contributed by atoms with van der Waals surface area (Å²) in [6.45, 7) is 0.979. The summed E-state index contributed by atoms with van der Waals surface area (Å²) in [5, 5.41) is 5.03. The maximum absolute atomic E-state index is 6.22. The minimum atomic E-state index is 0.666. The molecule has 1 N–H and O–H groups in total. The number of pyridine rings is 1. The number of aromatic nitrogens is 1. The van der Waals surface area contributed by atoms with Gasteiger partial charge in [-0.1, -0.05) is 11.6 Å². The molecule has 1 aromatic carbocycles. The van der Waals surface area contributed by atoms with Crippen LogP contribution in [0.2, 0.25) is 5.02 Å². The number of hydrogen-bond acceptors (Lipinski definition) is 3. The smallest absolute Gasteiger partial charge is 0.129 e. The Balaban J connectivity index is 2.27. The number of nitrogens with one attached hydrogen (secondary N) is 1. The molecule has 0 fully saturated rings. The van der Waals surface area contributed by atoms with Crippen LogP contribution in [-0.2, 0) is 6.42 Å². The van der Waals surface area contributed by atoms with Gasteiger partial charge in [-0.25, -0.2) is 4.98 Å². The minimum Gasteiger partial charge on any atom is -0.496 e. The van der Waals surface area contributed by atoms with E-state index in [4.69, 9.17) is 16.3 Å². The summed E-state index contributed by atoms with van der Waals surface area (Å²) in [5.41, 5.74) is 2.06. The predicted octanol–water partition coefficient (Wildman–Crippen LogP) is 3.65. The van der Waals surface area contributed by atoms with Crippen LogP contribution in [-0.4, -0.2) is 18.6 Å². The maximum Gasteiger partial charge on any atom is 0.129 e. The number of methoxy groups -OCH3 is 1. The second-order valence-corrected chi connectivity index (χ2v) is 4.93. The SMILES string of the molecule is COc1ccc(Cl)c2nc3c(cc12)CCCCN3. The molecule has 1 aromatic heterocycles. The van der Waals surface area contributed by atoms with Gasteiger partial charge in [0.25, 0.3) is 0 Å². The molecule has 2 heterocycles. The van der Waals surface area contributed by atoms with Crippen molar-refractivity contribution in [3.63, 3.8) is 0 Å². The molecule has 0 radical (unpaired) electrons. The summed E-state index contributed by atoms with van der Waals surface area (Å²) in [5.74, 6) is 1.80. The lowest BCUT2D eigenvalue weighted by atomic mass is 10.1. The van der Waals surface area contributed by atoms with E-state index in [9.17, 15) is 0 Å². The quantitative estimate of drug-likeness (QED) is 0.852. The van der Waals surface area contributed by atoms with Gasteiger partial charge in [-0.15, -0.1) is 0 Å². The molecule has 4 heteroatoms. The van der Waals surface area contributed by atoms with Gasteiger partial charge in [0.2, 0.25) is 0 Å². The van der Waals surface area contributed by atoms with E-state index in [0.717, 1.165) is 35.4 Å². The highest BCUT2D eigenvalue weighted by molar-refractivity contribution is 6.35. The fourth-order valence-corrected chi connectivity index (χ4v) is 2.62. The summed E-state index contributed by atoms with van der Waals surface area (Å²) < 4.78 is 5.39. The fourth-order valence-electron chi connectivity index (χ4n) is 2.41. The van der Waals surface area contributed by atoms with Crippen LogP contribution in [0.1, 0.15) is 18.4 Å². The second-order valence-electron chi connectivity index (χ2n) is 4.53. The van der Waals surface area contributed by atoms with E-state index in [-0.39, 0.29) is 0 Å². The molecule has 3 rings (SSSR count). The largest absolute Gasteiger partial charge is 0.496 e. The van der Waals surface area contributed by atoms with Gasteiger partial charge < -0.3 is 10.1 Å².